The predicted octanol–water partition coefficient (Wildman–Crippen LogP) is 4.99. The summed E-state index contributed by atoms with van der Waals surface area (Å²) >= 11 is 3.16. The molecule has 5 rings (SSSR count). The number of benzene rings is 2. The van der Waals surface area contributed by atoms with Crippen molar-refractivity contribution < 1.29 is 4.79 Å². The normalized spacial score (nSPS) is 15.3. The lowest BCUT2D eigenvalue weighted by atomic mass is 10.1. The fourth-order valence-electron chi connectivity index (χ4n) is 4.06. The molecule has 1 amide bonds. The predicted molar refractivity (Wildman–Crippen MR) is 126 cm³/mol. The van der Waals surface area contributed by atoms with E-state index in [0.29, 0.717) is 12.2 Å². The molecule has 0 fully saturated rings. The molecule has 0 saturated heterocycles. The number of para-hydroxylation sites is 2. The molecule has 0 aliphatic carbocycles. The van der Waals surface area contributed by atoms with Gasteiger partial charge < -0.3 is 4.90 Å². The zero-order valence-electron chi connectivity index (χ0n) is 17.1. The lowest BCUT2D eigenvalue weighted by Crippen LogP contribution is -2.37. The van der Waals surface area contributed by atoms with Crippen LogP contribution in [0.5, 0.6) is 0 Å². The molecule has 2 aromatic carbocycles. The van der Waals surface area contributed by atoms with Crippen LogP contribution >= 0.6 is 23.1 Å². The van der Waals surface area contributed by atoms with E-state index in [2.05, 4.69) is 39.2 Å². The molecule has 1 aliphatic rings. The Balaban J connectivity index is 1.39. The molecule has 31 heavy (non-hydrogen) atoms. The number of fused-ring (bicyclic) bond motifs is 1. The molecular formula is C24H22N4OS2. The van der Waals surface area contributed by atoms with Crippen LogP contribution in [0.25, 0.3) is 5.69 Å². The molecule has 5 nitrogen and oxygen atoms in total. The minimum absolute atomic E-state index is 0.102. The molecular weight excluding hydrogens is 424 g/mol. The van der Waals surface area contributed by atoms with Gasteiger partial charge in [0, 0.05) is 28.7 Å². The third-order valence-electron chi connectivity index (χ3n) is 5.43. The van der Waals surface area contributed by atoms with Gasteiger partial charge in [-0.1, -0.05) is 54.2 Å². The Morgan fingerprint density at radius 3 is 2.68 bits per heavy atom. The summed E-state index contributed by atoms with van der Waals surface area (Å²) in [5, 5.41) is 11.7. The molecule has 3 heterocycles. The number of rotatable bonds is 6. The van der Waals surface area contributed by atoms with Crippen molar-refractivity contribution in [3.63, 3.8) is 0 Å². The van der Waals surface area contributed by atoms with Gasteiger partial charge in [0.05, 0.1) is 5.75 Å². The first-order valence-electron chi connectivity index (χ1n) is 10.3. The van der Waals surface area contributed by atoms with E-state index in [-0.39, 0.29) is 11.9 Å². The number of anilines is 1. The van der Waals surface area contributed by atoms with Crippen LogP contribution < -0.4 is 4.90 Å². The van der Waals surface area contributed by atoms with E-state index in [1.165, 1.54) is 22.2 Å². The standard InChI is InChI=1S/C24H22N4OS2/c1-17-14-18-8-5-6-12-21(18)27(17)23(29)16-31-24-26-25-22(15-20-11-7-13-30-20)28(24)19-9-3-2-4-10-19/h2-13,17H,14-16H2,1H3. The highest BCUT2D eigenvalue weighted by atomic mass is 32.2. The Labute approximate surface area is 189 Å². The smallest absolute Gasteiger partial charge is 0.237 e. The van der Waals surface area contributed by atoms with Gasteiger partial charge in [0.1, 0.15) is 5.82 Å². The van der Waals surface area contributed by atoms with Crippen molar-refractivity contribution in [1.29, 1.82) is 0 Å². The fraction of sp³-hybridized carbons (Fsp3) is 0.208. The molecule has 1 aliphatic heterocycles. The summed E-state index contributed by atoms with van der Waals surface area (Å²) in [6, 6.07) is 22.6. The van der Waals surface area contributed by atoms with Crippen LogP contribution in [0.1, 0.15) is 23.2 Å². The van der Waals surface area contributed by atoms with E-state index >= 15 is 0 Å². The summed E-state index contributed by atoms with van der Waals surface area (Å²) in [6.45, 7) is 2.11. The van der Waals surface area contributed by atoms with Crippen molar-refractivity contribution >= 4 is 34.7 Å². The summed E-state index contributed by atoms with van der Waals surface area (Å²) in [5.41, 5.74) is 3.27. The molecule has 156 valence electrons. The zero-order valence-corrected chi connectivity index (χ0v) is 18.8. The maximum atomic E-state index is 13.2. The summed E-state index contributed by atoms with van der Waals surface area (Å²) in [6.07, 6.45) is 1.61. The number of thioether (sulfide) groups is 1. The van der Waals surface area contributed by atoms with Crippen LogP contribution in [0, 0.1) is 0 Å². The van der Waals surface area contributed by atoms with Crippen molar-refractivity contribution in [2.24, 2.45) is 0 Å². The van der Waals surface area contributed by atoms with Crippen molar-refractivity contribution in [3.05, 3.63) is 88.4 Å². The molecule has 4 aromatic rings. The van der Waals surface area contributed by atoms with E-state index in [1.807, 2.05) is 59.5 Å². The summed E-state index contributed by atoms with van der Waals surface area (Å²) in [7, 11) is 0. The number of amides is 1. The minimum Gasteiger partial charge on any atom is -0.308 e. The largest absolute Gasteiger partial charge is 0.308 e. The SMILES string of the molecule is CC1Cc2ccccc2N1C(=O)CSc1nnc(Cc2cccs2)n1-c1ccccc1. The molecule has 2 aromatic heterocycles. The number of hydrogen-bond acceptors (Lipinski definition) is 5. The third kappa shape index (κ3) is 4.03. The van der Waals surface area contributed by atoms with E-state index in [4.69, 9.17) is 0 Å². The molecule has 1 atom stereocenters. The molecule has 0 bridgehead atoms. The Hall–Kier alpha value is -2.90. The second kappa shape index (κ2) is 8.69. The van der Waals surface area contributed by atoms with Gasteiger partial charge in [-0.3, -0.25) is 9.36 Å². The Kier molecular flexibility index (Phi) is 5.61. The summed E-state index contributed by atoms with van der Waals surface area (Å²) in [4.78, 5) is 16.3. The van der Waals surface area contributed by atoms with Crippen LogP contribution in [0.3, 0.4) is 0 Å². The van der Waals surface area contributed by atoms with Gasteiger partial charge in [-0.25, -0.2) is 0 Å². The maximum Gasteiger partial charge on any atom is 0.237 e. The molecule has 0 saturated carbocycles. The van der Waals surface area contributed by atoms with Crippen LogP contribution in [-0.2, 0) is 17.6 Å². The lowest BCUT2D eigenvalue weighted by molar-refractivity contribution is -0.116. The highest BCUT2D eigenvalue weighted by molar-refractivity contribution is 7.99. The minimum atomic E-state index is 0.102. The van der Waals surface area contributed by atoms with Gasteiger partial charge in [-0.05, 0) is 48.6 Å². The average molecular weight is 447 g/mol. The highest BCUT2D eigenvalue weighted by Crippen LogP contribution is 2.33. The number of thiophene rings is 1. The van der Waals surface area contributed by atoms with Gasteiger partial charge in [0.25, 0.3) is 0 Å². The first kappa shape index (κ1) is 20.0. The van der Waals surface area contributed by atoms with Crippen LogP contribution in [-0.4, -0.2) is 32.5 Å². The Bertz CT molecular complexity index is 1190. The first-order chi connectivity index (χ1) is 15.2. The number of aromatic nitrogens is 3. The van der Waals surface area contributed by atoms with Crippen molar-refractivity contribution in [2.45, 2.75) is 31.0 Å². The van der Waals surface area contributed by atoms with Gasteiger partial charge in [0.2, 0.25) is 5.91 Å². The molecule has 0 radical (unpaired) electrons. The van der Waals surface area contributed by atoms with Crippen LogP contribution in [0.2, 0.25) is 0 Å². The molecule has 0 spiro atoms. The number of carbonyl (C=O) groups excluding carboxylic acids is 1. The average Bonchev–Trinajstić information content (AvgIpc) is 3.51. The van der Waals surface area contributed by atoms with Gasteiger partial charge >= 0.3 is 0 Å². The summed E-state index contributed by atoms with van der Waals surface area (Å²) in [5.74, 6) is 1.30. The number of carbonyl (C=O) groups is 1. The molecule has 7 heteroatoms. The third-order valence-corrected chi connectivity index (χ3v) is 7.22. The van der Waals surface area contributed by atoms with Gasteiger partial charge in [0.15, 0.2) is 5.16 Å². The molecule has 1 unspecified atom stereocenters. The van der Waals surface area contributed by atoms with Crippen LogP contribution in [0.15, 0.2) is 77.3 Å². The Morgan fingerprint density at radius 1 is 1.06 bits per heavy atom. The fourth-order valence-corrected chi connectivity index (χ4v) is 5.59. The van der Waals surface area contributed by atoms with E-state index in [9.17, 15) is 4.79 Å². The zero-order chi connectivity index (χ0) is 21.2. The van der Waals surface area contributed by atoms with Gasteiger partial charge in [-0.2, -0.15) is 0 Å². The lowest BCUT2D eigenvalue weighted by Gasteiger charge is -2.22. The number of hydrogen-bond donors (Lipinski definition) is 0. The molecule has 0 N–H and O–H groups in total. The van der Waals surface area contributed by atoms with Crippen LogP contribution in [0.4, 0.5) is 5.69 Å². The summed E-state index contributed by atoms with van der Waals surface area (Å²) < 4.78 is 2.07. The second-order valence-corrected chi connectivity index (χ2v) is 9.53. The van der Waals surface area contributed by atoms with Crippen molar-refractivity contribution in [3.8, 4) is 5.69 Å². The topological polar surface area (TPSA) is 51.0 Å². The monoisotopic (exact) mass is 446 g/mol. The van der Waals surface area contributed by atoms with Gasteiger partial charge in [-0.15, -0.1) is 21.5 Å². The van der Waals surface area contributed by atoms with E-state index in [0.717, 1.165) is 28.8 Å². The number of nitrogens with zero attached hydrogens (tertiary/aromatic N) is 4. The maximum absolute atomic E-state index is 13.2. The Morgan fingerprint density at radius 2 is 1.87 bits per heavy atom. The highest BCUT2D eigenvalue weighted by Gasteiger charge is 2.30. The quantitative estimate of drug-likeness (QED) is 0.392. The second-order valence-electron chi connectivity index (χ2n) is 7.56. The van der Waals surface area contributed by atoms with Crippen molar-refractivity contribution in [1.82, 2.24) is 14.8 Å². The first-order valence-corrected chi connectivity index (χ1v) is 12.1. The van der Waals surface area contributed by atoms with E-state index < -0.39 is 0 Å². The van der Waals surface area contributed by atoms with E-state index in [1.54, 1.807) is 11.3 Å². The van der Waals surface area contributed by atoms with Crippen molar-refractivity contribution in [2.75, 3.05) is 10.7 Å².